The SMILES string of the molecule is N#Cc1ccccc1-c1ccc(-c2cn(CCn3cccn3)nn2)o1. The number of aromatic nitrogens is 5. The number of nitriles is 1. The predicted molar refractivity (Wildman–Crippen MR) is 90.1 cm³/mol. The summed E-state index contributed by atoms with van der Waals surface area (Å²) in [6.45, 7) is 1.38. The second-order valence-corrected chi connectivity index (χ2v) is 5.46. The van der Waals surface area contributed by atoms with Crippen LogP contribution in [0, 0.1) is 11.3 Å². The number of furan rings is 1. The van der Waals surface area contributed by atoms with Crippen molar-refractivity contribution in [1.82, 2.24) is 24.8 Å². The minimum Gasteiger partial charge on any atom is -0.454 e. The number of nitrogens with zero attached hydrogens (tertiary/aromatic N) is 6. The first-order valence-corrected chi connectivity index (χ1v) is 7.81. The maximum Gasteiger partial charge on any atom is 0.156 e. The Labute approximate surface area is 143 Å². The van der Waals surface area contributed by atoms with Crippen LogP contribution in [-0.2, 0) is 13.1 Å². The van der Waals surface area contributed by atoms with Gasteiger partial charge >= 0.3 is 0 Å². The van der Waals surface area contributed by atoms with E-state index in [1.807, 2.05) is 53.5 Å². The van der Waals surface area contributed by atoms with Gasteiger partial charge in [0.25, 0.3) is 0 Å². The standard InChI is InChI=1S/C18H14N6O/c19-12-14-4-1-2-5-15(14)17-6-7-18(25-17)16-13-24(22-21-16)11-10-23-9-3-8-20-23/h1-9,13H,10-11H2. The molecule has 0 fully saturated rings. The normalized spacial score (nSPS) is 10.7. The second kappa shape index (κ2) is 6.45. The Balaban J connectivity index is 1.53. The zero-order valence-electron chi connectivity index (χ0n) is 13.3. The Morgan fingerprint density at radius 2 is 1.84 bits per heavy atom. The molecule has 0 saturated carbocycles. The van der Waals surface area contributed by atoms with E-state index in [2.05, 4.69) is 21.5 Å². The van der Waals surface area contributed by atoms with Crippen LogP contribution in [0.1, 0.15) is 5.56 Å². The molecule has 7 nitrogen and oxygen atoms in total. The lowest BCUT2D eigenvalue weighted by molar-refractivity contribution is 0.490. The summed E-state index contributed by atoms with van der Waals surface area (Å²) in [7, 11) is 0. The molecule has 4 rings (SSSR count). The lowest BCUT2D eigenvalue weighted by Crippen LogP contribution is -2.08. The average Bonchev–Trinajstić information content (AvgIpc) is 3.40. The number of aryl methyl sites for hydroxylation is 2. The fourth-order valence-corrected chi connectivity index (χ4v) is 2.57. The number of rotatable bonds is 5. The molecule has 3 heterocycles. The van der Waals surface area contributed by atoms with Crippen molar-refractivity contribution in [2.24, 2.45) is 0 Å². The molecule has 25 heavy (non-hydrogen) atoms. The van der Waals surface area contributed by atoms with E-state index in [0.717, 1.165) is 12.1 Å². The fourth-order valence-electron chi connectivity index (χ4n) is 2.57. The highest BCUT2D eigenvalue weighted by Crippen LogP contribution is 2.29. The third kappa shape index (κ3) is 3.05. The minimum atomic E-state index is 0.575. The Bertz CT molecular complexity index is 1020. The van der Waals surface area contributed by atoms with Gasteiger partial charge < -0.3 is 4.42 Å². The van der Waals surface area contributed by atoms with Crippen molar-refractivity contribution >= 4 is 0 Å². The Kier molecular flexibility index (Phi) is 3.85. The van der Waals surface area contributed by atoms with Crippen LogP contribution in [0.25, 0.3) is 22.8 Å². The molecule has 0 aliphatic heterocycles. The molecule has 7 heteroatoms. The smallest absolute Gasteiger partial charge is 0.156 e. The van der Waals surface area contributed by atoms with Gasteiger partial charge in [0.05, 0.1) is 30.9 Å². The molecular formula is C18H14N6O. The highest BCUT2D eigenvalue weighted by Gasteiger charge is 2.12. The summed E-state index contributed by atoms with van der Waals surface area (Å²) in [5, 5.41) is 21.7. The second-order valence-electron chi connectivity index (χ2n) is 5.46. The van der Waals surface area contributed by atoms with Crippen molar-refractivity contribution < 1.29 is 4.42 Å². The van der Waals surface area contributed by atoms with Gasteiger partial charge in [0, 0.05) is 18.0 Å². The quantitative estimate of drug-likeness (QED) is 0.561. The van der Waals surface area contributed by atoms with E-state index < -0.39 is 0 Å². The molecule has 122 valence electrons. The molecule has 0 saturated heterocycles. The van der Waals surface area contributed by atoms with Gasteiger partial charge in [0.1, 0.15) is 11.5 Å². The highest BCUT2D eigenvalue weighted by atomic mass is 16.3. The van der Waals surface area contributed by atoms with E-state index in [4.69, 9.17) is 4.42 Å². The summed E-state index contributed by atoms with van der Waals surface area (Å²) in [6.07, 6.45) is 5.49. The molecule has 0 aliphatic rings. The van der Waals surface area contributed by atoms with Crippen LogP contribution in [0.5, 0.6) is 0 Å². The third-order valence-corrected chi connectivity index (χ3v) is 3.83. The zero-order chi connectivity index (χ0) is 17.1. The lowest BCUT2D eigenvalue weighted by atomic mass is 10.1. The summed E-state index contributed by atoms with van der Waals surface area (Å²) in [5.41, 5.74) is 2.00. The van der Waals surface area contributed by atoms with E-state index >= 15 is 0 Å². The zero-order valence-corrected chi connectivity index (χ0v) is 13.3. The van der Waals surface area contributed by atoms with Crippen molar-refractivity contribution in [3.05, 3.63) is 66.6 Å². The maximum absolute atomic E-state index is 9.22. The van der Waals surface area contributed by atoms with Crippen molar-refractivity contribution in [3.63, 3.8) is 0 Å². The van der Waals surface area contributed by atoms with Crippen LogP contribution in [-0.4, -0.2) is 24.8 Å². The lowest BCUT2D eigenvalue weighted by Gasteiger charge is -2.00. The first-order valence-electron chi connectivity index (χ1n) is 7.81. The molecule has 0 amide bonds. The molecule has 0 aliphatic carbocycles. The fraction of sp³-hybridized carbons (Fsp3) is 0.111. The van der Waals surface area contributed by atoms with Crippen LogP contribution in [0.4, 0.5) is 0 Å². The van der Waals surface area contributed by atoms with Gasteiger partial charge in [-0.3, -0.25) is 4.68 Å². The average molecular weight is 330 g/mol. The predicted octanol–water partition coefficient (Wildman–Crippen LogP) is 2.97. The summed E-state index contributed by atoms with van der Waals surface area (Å²) in [6, 6.07) is 15.1. The minimum absolute atomic E-state index is 0.575. The van der Waals surface area contributed by atoms with Crippen LogP contribution in [0.3, 0.4) is 0 Å². The summed E-state index contributed by atoms with van der Waals surface area (Å²) < 4.78 is 9.47. The van der Waals surface area contributed by atoms with Gasteiger partial charge in [-0.1, -0.05) is 17.3 Å². The molecule has 0 spiro atoms. The van der Waals surface area contributed by atoms with E-state index in [0.29, 0.717) is 29.3 Å². The van der Waals surface area contributed by atoms with Gasteiger partial charge in [-0.05, 0) is 30.3 Å². The number of hydrogen-bond acceptors (Lipinski definition) is 5. The molecular weight excluding hydrogens is 316 g/mol. The van der Waals surface area contributed by atoms with E-state index in [-0.39, 0.29) is 0 Å². The number of benzene rings is 1. The molecule has 0 unspecified atom stereocenters. The summed E-state index contributed by atoms with van der Waals surface area (Å²) in [5.74, 6) is 1.26. The Morgan fingerprint density at radius 1 is 1.00 bits per heavy atom. The van der Waals surface area contributed by atoms with Crippen molar-refractivity contribution in [1.29, 1.82) is 5.26 Å². The van der Waals surface area contributed by atoms with Crippen molar-refractivity contribution in [3.8, 4) is 28.8 Å². The van der Waals surface area contributed by atoms with E-state index in [1.54, 1.807) is 16.9 Å². The van der Waals surface area contributed by atoms with E-state index in [1.165, 1.54) is 0 Å². The summed E-state index contributed by atoms with van der Waals surface area (Å²) in [4.78, 5) is 0. The summed E-state index contributed by atoms with van der Waals surface area (Å²) >= 11 is 0. The molecule has 0 N–H and O–H groups in total. The van der Waals surface area contributed by atoms with Gasteiger partial charge in [0.2, 0.25) is 0 Å². The van der Waals surface area contributed by atoms with Crippen LogP contribution in [0.15, 0.2) is 65.5 Å². The Hall–Kier alpha value is -3.66. The van der Waals surface area contributed by atoms with Crippen LogP contribution < -0.4 is 0 Å². The first-order chi connectivity index (χ1) is 12.3. The van der Waals surface area contributed by atoms with E-state index in [9.17, 15) is 5.26 Å². The largest absolute Gasteiger partial charge is 0.454 e. The molecule has 0 bridgehead atoms. The Morgan fingerprint density at radius 3 is 2.68 bits per heavy atom. The monoisotopic (exact) mass is 330 g/mol. The van der Waals surface area contributed by atoms with Gasteiger partial charge in [-0.2, -0.15) is 10.4 Å². The van der Waals surface area contributed by atoms with Crippen molar-refractivity contribution in [2.75, 3.05) is 0 Å². The van der Waals surface area contributed by atoms with Crippen LogP contribution in [0.2, 0.25) is 0 Å². The molecule has 0 atom stereocenters. The molecule has 0 radical (unpaired) electrons. The molecule has 3 aromatic heterocycles. The van der Waals surface area contributed by atoms with Gasteiger partial charge in [-0.25, -0.2) is 4.68 Å². The van der Waals surface area contributed by atoms with Crippen LogP contribution >= 0.6 is 0 Å². The first kappa shape index (κ1) is 14.9. The number of hydrogen-bond donors (Lipinski definition) is 0. The van der Waals surface area contributed by atoms with Crippen molar-refractivity contribution in [2.45, 2.75) is 13.1 Å². The van der Waals surface area contributed by atoms with Gasteiger partial charge in [0.15, 0.2) is 5.76 Å². The topological polar surface area (TPSA) is 85.5 Å². The molecule has 1 aromatic carbocycles. The maximum atomic E-state index is 9.22. The highest BCUT2D eigenvalue weighted by molar-refractivity contribution is 5.68. The third-order valence-electron chi connectivity index (χ3n) is 3.83. The van der Waals surface area contributed by atoms with Gasteiger partial charge in [-0.15, -0.1) is 5.10 Å². The molecule has 4 aromatic rings.